The van der Waals surface area contributed by atoms with Crippen LogP contribution in [-0.4, -0.2) is 32.8 Å². The zero-order chi connectivity index (χ0) is 13.8. The molecule has 0 aromatic carbocycles. The van der Waals surface area contributed by atoms with Gasteiger partial charge in [0.25, 0.3) is 0 Å². The van der Waals surface area contributed by atoms with Crippen molar-refractivity contribution in [1.82, 2.24) is 9.97 Å². The van der Waals surface area contributed by atoms with Crippen LogP contribution in [0.15, 0.2) is 10.7 Å². The van der Waals surface area contributed by atoms with Gasteiger partial charge in [-0.3, -0.25) is 0 Å². The first-order valence-corrected chi connectivity index (χ1v) is 9.43. The average Bonchev–Trinajstić information content (AvgIpc) is 2.41. The Morgan fingerprint density at radius 1 is 1.42 bits per heavy atom. The minimum absolute atomic E-state index is 0.409. The second kappa shape index (κ2) is 7.18. The maximum atomic E-state index is 4.69. The smallest absolute Gasteiger partial charge is 0.144 e. The molecule has 3 atom stereocenters. The Labute approximate surface area is 132 Å². The van der Waals surface area contributed by atoms with E-state index in [0.29, 0.717) is 10.5 Å². The lowest BCUT2D eigenvalue weighted by molar-refractivity contribution is 0.854. The molecule has 1 fully saturated rings. The van der Waals surface area contributed by atoms with Gasteiger partial charge in [-0.25, -0.2) is 9.97 Å². The van der Waals surface area contributed by atoms with Crippen LogP contribution in [0, 0.1) is 0 Å². The third-order valence-electron chi connectivity index (χ3n) is 3.14. The first kappa shape index (κ1) is 15.4. The van der Waals surface area contributed by atoms with Crippen LogP contribution in [-0.2, 0) is 0 Å². The highest BCUT2D eigenvalue weighted by Crippen LogP contribution is 2.43. The molecular formula is C13H20BrN3S2. The fraction of sp³-hybridized carbons (Fsp3) is 0.692. The summed E-state index contributed by atoms with van der Waals surface area (Å²) in [5.74, 6) is 2.98. The zero-order valence-electron chi connectivity index (χ0n) is 11.5. The van der Waals surface area contributed by atoms with E-state index in [1.54, 1.807) is 0 Å². The number of hydrogen-bond acceptors (Lipinski definition) is 5. The molecule has 19 heavy (non-hydrogen) atoms. The molecule has 2 rings (SSSR count). The molecule has 1 aromatic rings. The van der Waals surface area contributed by atoms with Crippen molar-refractivity contribution in [3.63, 3.8) is 0 Å². The number of thioether (sulfide) groups is 2. The van der Waals surface area contributed by atoms with E-state index in [2.05, 4.69) is 52.0 Å². The summed E-state index contributed by atoms with van der Waals surface area (Å²) in [5, 5.41) is 5.13. The molecule has 0 radical (unpaired) electrons. The molecular weight excluding hydrogens is 342 g/mol. The summed E-state index contributed by atoms with van der Waals surface area (Å²) in [4.78, 5) is 9.19. The fourth-order valence-electron chi connectivity index (χ4n) is 1.82. The van der Waals surface area contributed by atoms with Crippen molar-refractivity contribution in [3.8, 4) is 0 Å². The van der Waals surface area contributed by atoms with Crippen molar-refractivity contribution < 1.29 is 0 Å². The molecule has 3 nitrogen and oxygen atoms in total. The van der Waals surface area contributed by atoms with Crippen molar-refractivity contribution in [2.75, 3.05) is 17.6 Å². The molecule has 0 amide bonds. The highest BCUT2D eigenvalue weighted by atomic mass is 79.9. The molecule has 0 bridgehead atoms. The third kappa shape index (κ3) is 4.02. The van der Waals surface area contributed by atoms with E-state index in [0.717, 1.165) is 40.1 Å². The summed E-state index contributed by atoms with van der Waals surface area (Å²) in [6.45, 7) is 7.69. The van der Waals surface area contributed by atoms with Crippen LogP contribution in [0.1, 0.15) is 38.3 Å². The number of hydrogen-bond donors (Lipinski definition) is 1. The Morgan fingerprint density at radius 3 is 2.89 bits per heavy atom. The van der Waals surface area contributed by atoms with E-state index < -0.39 is 0 Å². The summed E-state index contributed by atoms with van der Waals surface area (Å²) in [7, 11) is 0. The highest BCUT2D eigenvalue weighted by molar-refractivity contribution is 9.10. The third-order valence-corrected chi connectivity index (χ3v) is 7.11. The topological polar surface area (TPSA) is 37.8 Å². The number of anilines is 1. The van der Waals surface area contributed by atoms with Crippen molar-refractivity contribution in [2.24, 2.45) is 0 Å². The molecule has 1 aliphatic rings. The Bertz CT molecular complexity index is 430. The van der Waals surface area contributed by atoms with Gasteiger partial charge in [0.1, 0.15) is 11.6 Å². The number of rotatable bonds is 4. The lowest BCUT2D eigenvalue weighted by Gasteiger charge is -2.30. The molecule has 1 aromatic heterocycles. The van der Waals surface area contributed by atoms with Gasteiger partial charge < -0.3 is 5.32 Å². The van der Waals surface area contributed by atoms with Crippen LogP contribution in [0.2, 0.25) is 0 Å². The molecule has 0 aliphatic carbocycles. The van der Waals surface area contributed by atoms with Crippen molar-refractivity contribution >= 4 is 45.3 Å². The Hall–Kier alpha value is 0.0600. The monoisotopic (exact) mass is 361 g/mol. The van der Waals surface area contributed by atoms with Gasteiger partial charge in [0.05, 0.1) is 9.72 Å². The van der Waals surface area contributed by atoms with Gasteiger partial charge in [-0.1, -0.05) is 20.8 Å². The molecule has 0 saturated carbocycles. The standard InChI is InChI=1S/C13H20BrN3S2/c1-4-5-15-12-10(14)6-16-13(17-12)11-7-18-8(2)9(3)19-11/h6,8-9,11H,4-5,7H2,1-3H3,(H,15,16,17). The molecule has 106 valence electrons. The quantitative estimate of drug-likeness (QED) is 0.862. The predicted octanol–water partition coefficient (Wildman–Crippen LogP) is 4.36. The Kier molecular flexibility index (Phi) is 5.84. The Morgan fingerprint density at radius 2 is 2.21 bits per heavy atom. The lowest BCUT2D eigenvalue weighted by atomic mass is 10.3. The summed E-state index contributed by atoms with van der Waals surface area (Å²) >= 11 is 7.53. The number of nitrogens with zero attached hydrogens (tertiary/aromatic N) is 2. The lowest BCUT2D eigenvalue weighted by Crippen LogP contribution is -2.23. The zero-order valence-corrected chi connectivity index (χ0v) is 14.7. The van der Waals surface area contributed by atoms with E-state index in [4.69, 9.17) is 0 Å². The van der Waals surface area contributed by atoms with Crippen LogP contribution in [0.3, 0.4) is 0 Å². The van der Waals surface area contributed by atoms with Crippen LogP contribution >= 0.6 is 39.5 Å². The van der Waals surface area contributed by atoms with Crippen molar-refractivity contribution in [3.05, 3.63) is 16.5 Å². The largest absolute Gasteiger partial charge is 0.369 e. The van der Waals surface area contributed by atoms with Crippen LogP contribution in [0.25, 0.3) is 0 Å². The average molecular weight is 362 g/mol. The minimum Gasteiger partial charge on any atom is -0.369 e. The highest BCUT2D eigenvalue weighted by Gasteiger charge is 2.28. The molecule has 1 saturated heterocycles. The summed E-state index contributed by atoms with van der Waals surface area (Å²) in [6, 6.07) is 0. The van der Waals surface area contributed by atoms with Crippen molar-refractivity contribution in [2.45, 2.75) is 42.9 Å². The maximum absolute atomic E-state index is 4.69. The molecule has 3 unspecified atom stereocenters. The van der Waals surface area contributed by atoms with Crippen LogP contribution < -0.4 is 5.32 Å². The second-order valence-electron chi connectivity index (χ2n) is 4.72. The van der Waals surface area contributed by atoms with Crippen LogP contribution in [0.4, 0.5) is 5.82 Å². The normalized spacial score (nSPS) is 27.3. The van der Waals surface area contributed by atoms with Crippen LogP contribution in [0.5, 0.6) is 0 Å². The molecule has 6 heteroatoms. The summed E-state index contributed by atoms with van der Waals surface area (Å²) < 4.78 is 0.944. The Balaban J connectivity index is 2.11. The summed E-state index contributed by atoms with van der Waals surface area (Å²) in [6.07, 6.45) is 2.96. The number of aromatic nitrogens is 2. The first-order valence-electron chi connectivity index (χ1n) is 6.65. The SMILES string of the molecule is CCCNc1nc(C2CSC(C)C(C)S2)ncc1Br. The van der Waals surface area contributed by atoms with Gasteiger partial charge in [0.15, 0.2) is 0 Å². The van der Waals surface area contributed by atoms with Crippen molar-refractivity contribution in [1.29, 1.82) is 0 Å². The van der Waals surface area contributed by atoms with E-state index >= 15 is 0 Å². The van der Waals surface area contributed by atoms with Gasteiger partial charge in [-0.2, -0.15) is 11.8 Å². The van der Waals surface area contributed by atoms with Gasteiger partial charge in [0.2, 0.25) is 0 Å². The predicted molar refractivity (Wildman–Crippen MR) is 90.2 cm³/mol. The molecule has 2 heterocycles. The fourth-order valence-corrected chi connectivity index (χ4v) is 5.00. The van der Waals surface area contributed by atoms with E-state index in [1.807, 2.05) is 29.7 Å². The van der Waals surface area contributed by atoms with Gasteiger partial charge in [-0.05, 0) is 22.4 Å². The second-order valence-corrected chi connectivity index (χ2v) is 8.57. The van der Waals surface area contributed by atoms with Gasteiger partial charge >= 0.3 is 0 Å². The van der Waals surface area contributed by atoms with E-state index in [-0.39, 0.29) is 0 Å². The number of halogens is 1. The van der Waals surface area contributed by atoms with E-state index in [9.17, 15) is 0 Å². The summed E-state index contributed by atoms with van der Waals surface area (Å²) in [5.41, 5.74) is 0. The first-order chi connectivity index (χ1) is 9.11. The van der Waals surface area contributed by atoms with Gasteiger partial charge in [0, 0.05) is 29.0 Å². The molecule has 1 N–H and O–H groups in total. The maximum Gasteiger partial charge on any atom is 0.144 e. The van der Waals surface area contributed by atoms with E-state index in [1.165, 1.54) is 0 Å². The minimum atomic E-state index is 0.409. The number of nitrogens with one attached hydrogen (secondary N) is 1. The van der Waals surface area contributed by atoms with Gasteiger partial charge in [-0.15, -0.1) is 11.8 Å². The molecule has 0 spiro atoms. The molecule has 1 aliphatic heterocycles.